The van der Waals surface area contributed by atoms with Gasteiger partial charge in [-0.1, -0.05) is 13.0 Å². The average Bonchev–Trinajstić information content (AvgIpc) is 2.70. The van der Waals surface area contributed by atoms with Gasteiger partial charge in [-0.3, -0.25) is 4.79 Å². The molecule has 2 heterocycles. The Morgan fingerprint density at radius 2 is 2.00 bits per heavy atom. The molecule has 0 radical (unpaired) electrons. The molecule has 0 bridgehead atoms. The van der Waals surface area contributed by atoms with Crippen LogP contribution in [0.5, 0.6) is 0 Å². The van der Waals surface area contributed by atoms with Crippen LogP contribution in [0.15, 0.2) is 30.3 Å². The van der Waals surface area contributed by atoms with E-state index in [4.69, 9.17) is 9.97 Å². The van der Waals surface area contributed by atoms with Crippen LogP contribution in [0.2, 0.25) is 0 Å². The lowest BCUT2D eigenvalue weighted by Gasteiger charge is -2.32. The molecule has 0 spiro atoms. The van der Waals surface area contributed by atoms with Crippen LogP contribution in [-0.4, -0.2) is 39.9 Å². The number of halogens is 1. The summed E-state index contributed by atoms with van der Waals surface area (Å²) in [6, 6.07) is 8.67. The summed E-state index contributed by atoms with van der Waals surface area (Å²) >= 11 is 0. The van der Waals surface area contributed by atoms with Crippen molar-refractivity contribution >= 4 is 23.2 Å². The van der Waals surface area contributed by atoms with Crippen LogP contribution in [0.4, 0.5) is 21.7 Å². The number of carbonyl (C=O) groups is 1. The number of benzene rings is 1. The second-order valence-electron chi connectivity index (χ2n) is 7.94. The fourth-order valence-corrected chi connectivity index (χ4v) is 3.90. The Bertz CT molecular complexity index is 870. The quantitative estimate of drug-likeness (QED) is 0.754. The molecule has 7 heteroatoms. The van der Waals surface area contributed by atoms with E-state index in [1.54, 1.807) is 6.07 Å². The molecule has 2 aromatic rings. The minimum absolute atomic E-state index is 0.107. The molecular weight excluding hydrogens is 369 g/mol. The number of hydrogen-bond donors (Lipinski definition) is 2. The van der Waals surface area contributed by atoms with Gasteiger partial charge < -0.3 is 15.5 Å². The Hall–Kier alpha value is -2.70. The van der Waals surface area contributed by atoms with Crippen LogP contribution in [0.1, 0.15) is 57.2 Å². The monoisotopic (exact) mass is 397 g/mol. The molecule has 6 nitrogen and oxygen atoms in total. The third-order valence-electron chi connectivity index (χ3n) is 5.74. The number of nitrogens with zero attached hydrogens (tertiary/aromatic N) is 3. The molecule has 1 saturated heterocycles. The minimum atomic E-state index is -0.293. The number of hydrogen-bond acceptors (Lipinski definition) is 5. The van der Waals surface area contributed by atoms with E-state index >= 15 is 0 Å². The summed E-state index contributed by atoms with van der Waals surface area (Å²) in [7, 11) is 0. The summed E-state index contributed by atoms with van der Waals surface area (Å²) in [4.78, 5) is 23.6. The van der Waals surface area contributed by atoms with Crippen LogP contribution in [0.25, 0.3) is 0 Å². The van der Waals surface area contributed by atoms with Gasteiger partial charge in [0.2, 0.25) is 5.91 Å². The van der Waals surface area contributed by atoms with Gasteiger partial charge in [0.25, 0.3) is 0 Å². The molecule has 1 atom stereocenters. The van der Waals surface area contributed by atoms with Crippen LogP contribution in [0.3, 0.4) is 0 Å². The second kappa shape index (κ2) is 8.76. The van der Waals surface area contributed by atoms with Crippen molar-refractivity contribution in [3.05, 3.63) is 42.0 Å². The van der Waals surface area contributed by atoms with Crippen molar-refractivity contribution in [2.24, 2.45) is 0 Å². The Labute approximate surface area is 170 Å². The molecule has 2 aliphatic rings. The van der Waals surface area contributed by atoms with Crippen LogP contribution >= 0.6 is 0 Å². The van der Waals surface area contributed by atoms with E-state index in [0.717, 1.165) is 43.9 Å². The molecule has 1 amide bonds. The Morgan fingerprint density at radius 1 is 1.17 bits per heavy atom. The first-order chi connectivity index (χ1) is 14.1. The van der Waals surface area contributed by atoms with Gasteiger partial charge in [-0.25, -0.2) is 14.4 Å². The van der Waals surface area contributed by atoms with E-state index in [9.17, 15) is 9.18 Å². The largest absolute Gasteiger partial charge is 0.367 e. The molecule has 1 aromatic heterocycles. The number of piperidine rings is 1. The lowest BCUT2D eigenvalue weighted by atomic mass is 9.93. The van der Waals surface area contributed by atoms with Crippen LogP contribution < -0.4 is 10.6 Å². The topological polar surface area (TPSA) is 70.2 Å². The molecule has 2 fully saturated rings. The van der Waals surface area contributed by atoms with Crippen molar-refractivity contribution < 1.29 is 9.18 Å². The predicted octanol–water partition coefficient (Wildman–Crippen LogP) is 4.44. The highest BCUT2D eigenvalue weighted by molar-refractivity contribution is 5.76. The first-order valence-electron chi connectivity index (χ1n) is 10.6. The molecule has 1 aliphatic heterocycles. The van der Waals surface area contributed by atoms with Gasteiger partial charge >= 0.3 is 0 Å². The first-order valence-corrected chi connectivity index (χ1v) is 10.6. The molecule has 2 N–H and O–H groups in total. The zero-order valence-electron chi connectivity index (χ0n) is 16.8. The summed E-state index contributed by atoms with van der Waals surface area (Å²) in [5, 5.41) is 6.70. The molecular formula is C22H28FN5O. The number of carbonyl (C=O) groups excluding carboxylic acids is 1. The van der Waals surface area contributed by atoms with E-state index < -0.39 is 0 Å². The van der Waals surface area contributed by atoms with Gasteiger partial charge in [-0.15, -0.1) is 0 Å². The van der Waals surface area contributed by atoms with Crippen LogP contribution in [0, 0.1) is 5.82 Å². The number of aromatic nitrogens is 2. The van der Waals surface area contributed by atoms with Gasteiger partial charge in [0.15, 0.2) is 0 Å². The van der Waals surface area contributed by atoms with Crippen molar-refractivity contribution in [1.82, 2.24) is 14.9 Å². The van der Waals surface area contributed by atoms with E-state index in [-0.39, 0.29) is 17.6 Å². The first kappa shape index (κ1) is 19.6. The normalized spacial score (nSPS) is 19.5. The highest BCUT2D eigenvalue weighted by Crippen LogP contribution is 2.29. The lowest BCUT2D eigenvalue weighted by molar-refractivity contribution is -0.132. The molecule has 1 saturated carbocycles. The third-order valence-corrected chi connectivity index (χ3v) is 5.74. The van der Waals surface area contributed by atoms with Crippen LogP contribution in [-0.2, 0) is 4.79 Å². The molecule has 154 valence electrons. The van der Waals surface area contributed by atoms with Crippen molar-refractivity contribution in [2.75, 3.05) is 23.7 Å². The number of amides is 1. The van der Waals surface area contributed by atoms with E-state index in [1.807, 2.05) is 24.0 Å². The number of rotatable bonds is 6. The van der Waals surface area contributed by atoms with Gasteiger partial charge in [0.05, 0.1) is 0 Å². The Kier molecular flexibility index (Phi) is 5.92. The zero-order chi connectivity index (χ0) is 20.2. The second-order valence-corrected chi connectivity index (χ2v) is 7.94. The number of anilines is 3. The SMILES string of the molecule is CCC(=O)N1CCCC(c2nc(Nc3cccc(F)c3)cc(NC3CCC3)n2)C1. The van der Waals surface area contributed by atoms with Gasteiger partial charge in [0, 0.05) is 43.2 Å². The van der Waals surface area contributed by atoms with E-state index in [0.29, 0.717) is 30.5 Å². The number of likely N-dealkylation sites (tertiary alicyclic amines) is 1. The summed E-state index contributed by atoms with van der Waals surface area (Å²) in [6.07, 6.45) is 5.96. The Balaban J connectivity index is 1.59. The van der Waals surface area contributed by atoms with E-state index in [2.05, 4.69) is 10.6 Å². The maximum Gasteiger partial charge on any atom is 0.222 e. The van der Waals surface area contributed by atoms with Gasteiger partial charge in [0.1, 0.15) is 23.3 Å². The van der Waals surface area contributed by atoms with Crippen molar-refractivity contribution in [2.45, 2.75) is 57.4 Å². The summed E-state index contributed by atoms with van der Waals surface area (Å²) < 4.78 is 13.6. The van der Waals surface area contributed by atoms with Gasteiger partial charge in [-0.2, -0.15) is 0 Å². The molecule has 1 unspecified atom stereocenters. The third kappa shape index (κ3) is 4.83. The predicted molar refractivity (Wildman–Crippen MR) is 112 cm³/mol. The summed E-state index contributed by atoms with van der Waals surface area (Å²) in [5.41, 5.74) is 0.649. The summed E-state index contributed by atoms with van der Waals surface area (Å²) in [6.45, 7) is 3.35. The average molecular weight is 397 g/mol. The fraction of sp³-hybridized carbons (Fsp3) is 0.500. The maximum absolute atomic E-state index is 13.6. The highest BCUT2D eigenvalue weighted by atomic mass is 19.1. The number of nitrogens with one attached hydrogen (secondary N) is 2. The van der Waals surface area contributed by atoms with Crippen molar-refractivity contribution in [1.29, 1.82) is 0 Å². The Morgan fingerprint density at radius 3 is 2.72 bits per heavy atom. The highest BCUT2D eigenvalue weighted by Gasteiger charge is 2.27. The standard InChI is InChI=1S/C22H28FN5O/c1-2-21(29)28-11-5-6-15(14-28)22-26-19(24-17-8-4-9-17)13-20(27-22)25-18-10-3-7-16(23)12-18/h3,7,10,12-13,15,17H,2,4-6,8-9,11,14H2,1H3,(H2,24,25,26,27). The molecule has 1 aliphatic carbocycles. The summed E-state index contributed by atoms with van der Waals surface area (Å²) in [5.74, 6) is 2.16. The maximum atomic E-state index is 13.6. The molecule has 4 rings (SSSR count). The molecule has 1 aromatic carbocycles. The van der Waals surface area contributed by atoms with E-state index in [1.165, 1.54) is 18.6 Å². The molecule has 29 heavy (non-hydrogen) atoms. The lowest BCUT2D eigenvalue weighted by Crippen LogP contribution is -2.39. The van der Waals surface area contributed by atoms with Gasteiger partial charge in [-0.05, 0) is 50.3 Å². The van der Waals surface area contributed by atoms with Crippen molar-refractivity contribution in [3.63, 3.8) is 0 Å². The van der Waals surface area contributed by atoms with Crippen molar-refractivity contribution in [3.8, 4) is 0 Å². The zero-order valence-corrected chi connectivity index (χ0v) is 16.8. The smallest absolute Gasteiger partial charge is 0.222 e. The fourth-order valence-electron chi connectivity index (χ4n) is 3.90. The minimum Gasteiger partial charge on any atom is -0.367 e.